The molecule has 0 saturated heterocycles. The summed E-state index contributed by atoms with van der Waals surface area (Å²) in [5.41, 5.74) is 1.63. The second-order valence-corrected chi connectivity index (χ2v) is 2.51. The number of hydroxylamine groups is 1. The standard InChI is InChI=1S/C7H6ClNO3/c8-5-3-4(7(11)9-12)1-2-6(5)10/h1-3,10,12H,(H,9,11). The minimum atomic E-state index is -0.670. The summed E-state index contributed by atoms with van der Waals surface area (Å²) >= 11 is 5.50. The second-order valence-electron chi connectivity index (χ2n) is 2.11. The van der Waals surface area contributed by atoms with Crippen molar-refractivity contribution < 1.29 is 15.1 Å². The normalized spacial score (nSPS) is 9.50. The van der Waals surface area contributed by atoms with Crippen molar-refractivity contribution in [1.29, 1.82) is 0 Å². The molecule has 1 aromatic rings. The highest BCUT2D eigenvalue weighted by molar-refractivity contribution is 6.32. The van der Waals surface area contributed by atoms with Crippen molar-refractivity contribution in [2.75, 3.05) is 0 Å². The molecule has 1 amide bonds. The number of rotatable bonds is 1. The van der Waals surface area contributed by atoms with Crippen LogP contribution >= 0.6 is 11.6 Å². The summed E-state index contributed by atoms with van der Waals surface area (Å²) in [4.78, 5) is 10.8. The Labute approximate surface area is 73.4 Å². The lowest BCUT2D eigenvalue weighted by molar-refractivity contribution is 0.0706. The average Bonchev–Trinajstić information content (AvgIpc) is 2.08. The van der Waals surface area contributed by atoms with E-state index in [1.165, 1.54) is 23.7 Å². The number of hydrogen-bond acceptors (Lipinski definition) is 3. The zero-order valence-corrected chi connectivity index (χ0v) is 6.67. The molecule has 0 aliphatic rings. The predicted molar refractivity (Wildman–Crippen MR) is 42.4 cm³/mol. The van der Waals surface area contributed by atoms with Crippen LogP contribution in [0.5, 0.6) is 5.75 Å². The van der Waals surface area contributed by atoms with Crippen molar-refractivity contribution in [3.05, 3.63) is 28.8 Å². The number of nitrogens with one attached hydrogen (secondary N) is 1. The molecular weight excluding hydrogens is 182 g/mol. The smallest absolute Gasteiger partial charge is 0.274 e. The quantitative estimate of drug-likeness (QED) is 0.457. The number of hydrogen-bond donors (Lipinski definition) is 3. The summed E-state index contributed by atoms with van der Waals surface area (Å²) in [6, 6.07) is 3.86. The molecule has 0 radical (unpaired) electrons. The first-order chi connectivity index (χ1) is 5.65. The van der Waals surface area contributed by atoms with Crippen LogP contribution in [0.4, 0.5) is 0 Å². The summed E-state index contributed by atoms with van der Waals surface area (Å²) in [6.45, 7) is 0. The van der Waals surface area contributed by atoms with Crippen LogP contribution in [-0.2, 0) is 0 Å². The van der Waals surface area contributed by atoms with Crippen LogP contribution in [0.3, 0.4) is 0 Å². The van der Waals surface area contributed by atoms with Gasteiger partial charge in [-0.25, -0.2) is 5.48 Å². The van der Waals surface area contributed by atoms with E-state index in [0.29, 0.717) is 0 Å². The molecule has 1 rings (SSSR count). The lowest BCUT2D eigenvalue weighted by atomic mass is 10.2. The molecular formula is C7H6ClNO3. The molecule has 12 heavy (non-hydrogen) atoms. The van der Waals surface area contributed by atoms with Gasteiger partial charge in [0.05, 0.1) is 5.02 Å². The van der Waals surface area contributed by atoms with E-state index < -0.39 is 5.91 Å². The van der Waals surface area contributed by atoms with Gasteiger partial charge >= 0.3 is 0 Å². The van der Waals surface area contributed by atoms with Crippen molar-refractivity contribution in [1.82, 2.24) is 5.48 Å². The molecule has 0 aliphatic carbocycles. The predicted octanol–water partition coefficient (Wildman–Crippen LogP) is 1.16. The average molecular weight is 188 g/mol. The fourth-order valence-electron chi connectivity index (χ4n) is 0.713. The van der Waals surface area contributed by atoms with Crippen LogP contribution in [0.25, 0.3) is 0 Å². The lowest BCUT2D eigenvalue weighted by Crippen LogP contribution is -2.18. The summed E-state index contributed by atoms with van der Waals surface area (Å²) in [7, 11) is 0. The van der Waals surface area contributed by atoms with E-state index in [4.69, 9.17) is 21.9 Å². The van der Waals surface area contributed by atoms with Gasteiger partial charge in [0, 0.05) is 5.56 Å². The van der Waals surface area contributed by atoms with Gasteiger partial charge in [-0.2, -0.15) is 0 Å². The van der Waals surface area contributed by atoms with E-state index in [0.717, 1.165) is 0 Å². The molecule has 0 atom stereocenters. The Kier molecular flexibility index (Phi) is 2.52. The van der Waals surface area contributed by atoms with Crippen molar-refractivity contribution in [3.8, 4) is 5.75 Å². The van der Waals surface area contributed by atoms with Crippen molar-refractivity contribution in [2.24, 2.45) is 0 Å². The van der Waals surface area contributed by atoms with Gasteiger partial charge in [-0.3, -0.25) is 10.0 Å². The second kappa shape index (κ2) is 3.42. The molecule has 4 nitrogen and oxygen atoms in total. The molecule has 0 aromatic heterocycles. The van der Waals surface area contributed by atoms with E-state index in [-0.39, 0.29) is 16.3 Å². The number of phenols is 1. The van der Waals surface area contributed by atoms with Crippen molar-refractivity contribution in [3.63, 3.8) is 0 Å². The van der Waals surface area contributed by atoms with Crippen LogP contribution in [0.1, 0.15) is 10.4 Å². The number of phenolic OH excluding ortho intramolecular Hbond substituents is 1. The van der Waals surface area contributed by atoms with E-state index in [1.54, 1.807) is 0 Å². The fraction of sp³-hybridized carbons (Fsp3) is 0. The molecule has 0 saturated carbocycles. The molecule has 0 aliphatic heterocycles. The zero-order valence-electron chi connectivity index (χ0n) is 5.91. The minimum absolute atomic E-state index is 0.0658. The topological polar surface area (TPSA) is 69.6 Å². The Morgan fingerprint density at radius 1 is 1.50 bits per heavy atom. The molecule has 0 heterocycles. The number of halogens is 1. The highest BCUT2D eigenvalue weighted by Crippen LogP contribution is 2.23. The maximum atomic E-state index is 10.8. The van der Waals surface area contributed by atoms with E-state index in [2.05, 4.69) is 0 Å². The molecule has 1 aromatic carbocycles. The molecule has 5 heteroatoms. The first kappa shape index (κ1) is 8.83. The van der Waals surface area contributed by atoms with Crippen LogP contribution < -0.4 is 5.48 Å². The maximum Gasteiger partial charge on any atom is 0.274 e. The SMILES string of the molecule is O=C(NO)c1ccc(O)c(Cl)c1. The number of carbonyl (C=O) groups is 1. The summed E-state index contributed by atoms with van der Waals surface area (Å²) in [6.07, 6.45) is 0. The first-order valence-corrected chi connectivity index (χ1v) is 3.46. The first-order valence-electron chi connectivity index (χ1n) is 3.08. The monoisotopic (exact) mass is 187 g/mol. The highest BCUT2D eigenvalue weighted by Gasteiger charge is 2.06. The molecule has 0 fully saturated rings. The van der Waals surface area contributed by atoms with E-state index >= 15 is 0 Å². The van der Waals surface area contributed by atoms with Gasteiger partial charge in [0.1, 0.15) is 5.75 Å². The summed E-state index contributed by atoms with van der Waals surface area (Å²) in [5.74, 6) is -0.775. The van der Waals surface area contributed by atoms with Gasteiger partial charge in [-0.05, 0) is 18.2 Å². The van der Waals surface area contributed by atoms with Gasteiger partial charge in [0.15, 0.2) is 0 Å². The Balaban J connectivity index is 3.05. The molecule has 3 N–H and O–H groups in total. The number of aromatic hydroxyl groups is 1. The molecule has 64 valence electrons. The number of benzene rings is 1. The minimum Gasteiger partial charge on any atom is -0.506 e. The Morgan fingerprint density at radius 2 is 2.17 bits per heavy atom. The van der Waals surface area contributed by atoms with E-state index in [1.807, 2.05) is 0 Å². The largest absolute Gasteiger partial charge is 0.506 e. The lowest BCUT2D eigenvalue weighted by Gasteiger charge is -2.00. The van der Waals surface area contributed by atoms with Crippen LogP contribution in [0.2, 0.25) is 5.02 Å². The third-order valence-corrected chi connectivity index (χ3v) is 1.61. The van der Waals surface area contributed by atoms with Gasteiger partial charge in [0.25, 0.3) is 5.91 Å². The van der Waals surface area contributed by atoms with Gasteiger partial charge in [0.2, 0.25) is 0 Å². The van der Waals surface area contributed by atoms with Crippen LogP contribution in [-0.4, -0.2) is 16.2 Å². The highest BCUT2D eigenvalue weighted by atomic mass is 35.5. The molecule has 0 unspecified atom stereocenters. The van der Waals surface area contributed by atoms with Gasteiger partial charge in [-0.15, -0.1) is 0 Å². The summed E-state index contributed by atoms with van der Waals surface area (Å²) in [5, 5.41) is 17.3. The van der Waals surface area contributed by atoms with Crippen molar-refractivity contribution in [2.45, 2.75) is 0 Å². The van der Waals surface area contributed by atoms with Crippen molar-refractivity contribution >= 4 is 17.5 Å². The summed E-state index contributed by atoms with van der Waals surface area (Å²) < 4.78 is 0. The van der Waals surface area contributed by atoms with Crippen LogP contribution in [0.15, 0.2) is 18.2 Å². The molecule has 0 spiro atoms. The zero-order chi connectivity index (χ0) is 9.14. The van der Waals surface area contributed by atoms with Crippen LogP contribution in [0, 0.1) is 0 Å². The number of carbonyl (C=O) groups excluding carboxylic acids is 1. The Bertz CT molecular complexity index is 314. The Morgan fingerprint density at radius 3 is 2.67 bits per heavy atom. The molecule has 0 bridgehead atoms. The fourth-order valence-corrected chi connectivity index (χ4v) is 0.893. The third kappa shape index (κ3) is 1.66. The third-order valence-electron chi connectivity index (χ3n) is 1.31. The Hall–Kier alpha value is -1.26. The van der Waals surface area contributed by atoms with Gasteiger partial charge in [-0.1, -0.05) is 11.6 Å². The van der Waals surface area contributed by atoms with E-state index in [9.17, 15) is 4.79 Å². The number of amides is 1. The van der Waals surface area contributed by atoms with Gasteiger partial charge < -0.3 is 5.11 Å². The maximum absolute atomic E-state index is 10.8.